The third-order valence-corrected chi connectivity index (χ3v) is 3.28. The van der Waals surface area contributed by atoms with Gasteiger partial charge in [0.25, 0.3) is 0 Å². The molecule has 0 aromatic heterocycles. The summed E-state index contributed by atoms with van der Waals surface area (Å²) in [5, 5.41) is 3.41. The molecule has 2 heterocycles. The highest BCUT2D eigenvalue weighted by Crippen LogP contribution is 2.16. The largest absolute Gasteiger partial charge is 0.326 e. The number of halogens is 1. The second-order valence-corrected chi connectivity index (χ2v) is 4.50. The van der Waals surface area contributed by atoms with Crippen molar-refractivity contribution in [1.29, 1.82) is 0 Å². The summed E-state index contributed by atoms with van der Waals surface area (Å²) in [5.74, 6) is 0.923. The number of hydrogen-bond donors (Lipinski definition) is 2. The first-order valence-corrected chi connectivity index (χ1v) is 5.53. The fraction of sp³-hybridized carbons (Fsp3) is 1.00. The van der Waals surface area contributed by atoms with Gasteiger partial charge in [-0.05, 0) is 44.8 Å². The third-order valence-electron chi connectivity index (χ3n) is 3.28. The van der Waals surface area contributed by atoms with Crippen molar-refractivity contribution in [2.75, 3.05) is 32.7 Å². The van der Waals surface area contributed by atoms with E-state index in [0.29, 0.717) is 6.04 Å². The van der Waals surface area contributed by atoms with Crippen molar-refractivity contribution in [2.24, 2.45) is 11.7 Å². The third kappa shape index (κ3) is 3.39. The second-order valence-electron chi connectivity index (χ2n) is 4.50. The fourth-order valence-corrected chi connectivity index (χ4v) is 2.46. The molecule has 84 valence electrons. The first kappa shape index (κ1) is 12.2. The topological polar surface area (TPSA) is 41.3 Å². The predicted octanol–water partition coefficient (Wildman–Crippen LogP) is 0.441. The molecule has 0 spiro atoms. The highest BCUT2D eigenvalue weighted by molar-refractivity contribution is 5.85. The molecule has 1 unspecified atom stereocenters. The Morgan fingerprint density at radius 3 is 2.50 bits per heavy atom. The van der Waals surface area contributed by atoms with Gasteiger partial charge in [0.1, 0.15) is 0 Å². The Kier molecular flexibility index (Phi) is 5.17. The van der Waals surface area contributed by atoms with Crippen LogP contribution < -0.4 is 11.1 Å². The Hall–Kier alpha value is 0.170. The summed E-state index contributed by atoms with van der Waals surface area (Å²) >= 11 is 0. The zero-order valence-electron chi connectivity index (χ0n) is 8.74. The summed E-state index contributed by atoms with van der Waals surface area (Å²) in [6.45, 7) is 6.07. The Labute approximate surface area is 92.8 Å². The van der Waals surface area contributed by atoms with E-state index >= 15 is 0 Å². The van der Waals surface area contributed by atoms with Crippen molar-refractivity contribution in [3.8, 4) is 0 Å². The average molecular weight is 220 g/mol. The van der Waals surface area contributed by atoms with E-state index in [0.717, 1.165) is 12.5 Å². The Morgan fingerprint density at radius 1 is 1.21 bits per heavy atom. The van der Waals surface area contributed by atoms with Crippen LogP contribution in [0.5, 0.6) is 0 Å². The van der Waals surface area contributed by atoms with Gasteiger partial charge in [0.2, 0.25) is 0 Å². The van der Waals surface area contributed by atoms with Crippen LogP contribution in [-0.4, -0.2) is 43.7 Å². The van der Waals surface area contributed by atoms with Crippen molar-refractivity contribution < 1.29 is 0 Å². The molecule has 2 fully saturated rings. The standard InChI is InChI=1S/C10H21N3.ClH/c11-10-3-6-13(8-10)7-9-1-4-12-5-2-9;/h9-10,12H,1-8,11H2;1H. The maximum atomic E-state index is 5.88. The minimum Gasteiger partial charge on any atom is -0.326 e. The van der Waals surface area contributed by atoms with Gasteiger partial charge in [-0.1, -0.05) is 0 Å². The van der Waals surface area contributed by atoms with E-state index in [4.69, 9.17) is 5.73 Å². The summed E-state index contributed by atoms with van der Waals surface area (Å²) < 4.78 is 0. The number of nitrogens with one attached hydrogen (secondary N) is 1. The number of nitrogens with two attached hydrogens (primary N) is 1. The Bertz CT molecular complexity index is 157. The van der Waals surface area contributed by atoms with Gasteiger partial charge in [0.05, 0.1) is 0 Å². The number of nitrogens with zero attached hydrogens (tertiary/aromatic N) is 1. The van der Waals surface area contributed by atoms with Crippen molar-refractivity contribution >= 4 is 12.4 Å². The maximum absolute atomic E-state index is 5.88. The lowest BCUT2D eigenvalue weighted by Crippen LogP contribution is -2.36. The van der Waals surface area contributed by atoms with Crippen LogP contribution in [0.4, 0.5) is 0 Å². The molecule has 2 aliphatic heterocycles. The molecule has 4 heteroatoms. The summed E-state index contributed by atoms with van der Waals surface area (Å²) in [4.78, 5) is 2.54. The van der Waals surface area contributed by atoms with E-state index in [1.165, 1.54) is 45.4 Å². The van der Waals surface area contributed by atoms with E-state index in [2.05, 4.69) is 10.2 Å². The lowest BCUT2D eigenvalue weighted by molar-refractivity contribution is 0.239. The zero-order chi connectivity index (χ0) is 9.10. The summed E-state index contributed by atoms with van der Waals surface area (Å²) in [5.41, 5.74) is 5.88. The smallest absolute Gasteiger partial charge is 0.0180 e. The molecule has 14 heavy (non-hydrogen) atoms. The SMILES string of the molecule is Cl.NC1CCN(CC2CCNCC2)C1. The van der Waals surface area contributed by atoms with E-state index in [9.17, 15) is 0 Å². The molecule has 0 saturated carbocycles. The van der Waals surface area contributed by atoms with Crippen molar-refractivity contribution in [1.82, 2.24) is 10.2 Å². The van der Waals surface area contributed by atoms with Gasteiger partial charge >= 0.3 is 0 Å². The second kappa shape index (κ2) is 5.91. The summed E-state index contributed by atoms with van der Waals surface area (Å²) in [6, 6.07) is 0.446. The van der Waals surface area contributed by atoms with Gasteiger partial charge in [-0.25, -0.2) is 0 Å². The van der Waals surface area contributed by atoms with Crippen molar-refractivity contribution in [2.45, 2.75) is 25.3 Å². The molecular weight excluding hydrogens is 198 g/mol. The van der Waals surface area contributed by atoms with Crippen LogP contribution in [0.25, 0.3) is 0 Å². The van der Waals surface area contributed by atoms with E-state index in [1.54, 1.807) is 0 Å². The first-order valence-electron chi connectivity index (χ1n) is 5.53. The van der Waals surface area contributed by atoms with Crippen LogP contribution >= 0.6 is 12.4 Å². The highest BCUT2D eigenvalue weighted by atomic mass is 35.5. The van der Waals surface area contributed by atoms with Crippen molar-refractivity contribution in [3.63, 3.8) is 0 Å². The molecule has 1 atom stereocenters. The lowest BCUT2D eigenvalue weighted by Gasteiger charge is -2.27. The summed E-state index contributed by atoms with van der Waals surface area (Å²) in [6.07, 6.45) is 3.91. The van der Waals surface area contributed by atoms with Gasteiger partial charge < -0.3 is 16.0 Å². The summed E-state index contributed by atoms with van der Waals surface area (Å²) in [7, 11) is 0. The monoisotopic (exact) mass is 219 g/mol. The molecule has 3 N–H and O–H groups in total. The van der Waals surface area contributed by atoms with Crippen LogP contribution in [0.2, 0.25) is 0 Å². The van der Waals surface area contributed by atoms with Crippen LogP contribution in [0.1, 0.15) is 19.3 Å². The minimum absolute atomic E-state index is 0. The molecule has 0 aliphatic carbocycles. The quantitative estimate of drug-likeness (QED) is 0.709. The highest BCUT2D eigenvalue weighted by Gasteiger charge is 2.22. The molecule has 2 rings (SSSR count). The number of likely N-dealkylation sites (tertiary alicyclic amines) is 1. The molecule has 3 nitrogen and oxygen atoms in total. The number of piperidine rings is 1. The Morgan fingerprint density at radius 2 is 1.93 bits per heavy atom. The zero-order valence-corrected chi connectivity index (χ0v) is 9.56. The number of rotatable bonds is 2. The van der Waals surface area contributed by atoms with Crippen LogP contribution in [0, 0.1) is 5.92 Å². The molecule has 0 bridgehead atoms. The molecule has 0 aromatic rings. The molecule has 2 aliphatic rings. The normalized spacial score (nSPS) is 30.2. The van der Waals surface area contributed by atoms with Gasteiger partial charge in [0, 0.05) is 19.1 Å². The molecule has 0 radical (unpaired) electrons. The average Bonchev–Trinajstić information content (AvgIpc) is 2.53. The van der Waals surface area contributed by atoms with E-state index < -0.39 is 0 Å². The molecule has 2 saturated heterocycles. The number of hydrogen-bond acceptors (Lipinski definition) is 3. The van der Waals surface area contributed by atoms with Gasteiger partial charge in [0.15, 0.2) is 0 Å². The minimum atomic E-state index is 0. The van der Waals surface area contributed by atoms with Crippen LogP contribution in [0.15, 0.2) is 0 Å². The van der Waals surface area contributed by atoms with Gasteiger partial charge in [-0.2, -0.15) is 0 Å². The van der Waals surface area contributed by atoms with Gasteiger partial charge in [-0.3, -0.25) is 0 Å². The maximum Gasteiger partial charge on any atom is 0.0180 e. The fourth-order valence-electron chi connectivity index (χ4n) is 2.46. The molecule has 0 aromatic carbocycles. The van der Waals surface area contributed by atoms with E-state index in [1.807, 2.05) is 0 Å². The van der Waals surface area contributed by atoms with Crippen LogP contribution in [0.3, 0.4) is 0 Å². The first-order chi connectivity index (χ1) is 6.34. The van der Waals surface area contributed by atoms with Gasteiger partial charge in [-0.15, -0.1) is 12.4 Å². The van der Waals surface area contributed by atoms with E-state index in [-0.39, 0.29) is 12.4 Å². The lowest BCUT2D eigenvalue weighted by atomic mass is 9.98. The Balaban J connectivity index is 0.000000980. The van der Waals surface area contributed by atoms with Crippen molar-refractivity contribution in [3.05, 3.63) is 0 Å². The van der Waals surface area contributed by atoms with Crippen LogP contribution in [-0.2, 0) is 0 Å². The predicted molar refractivity (Wildman–Crippen MR) is 61.9 cm³/mol. The molecular formula is C10H22ClN3. The molecule has 0 amide bonds.